The lowest BCUT2D eigenvalue weighted by Crippen LogP contribution is -2.04. The van der Waals surface area contributed by atoms with Crippen LogP contribution in [0.1, 0.15) is 5.69 Å². The molecule has 11 heteroatoms. The molecule has 0 saturated carbocycles. The fourth-order valence-corrected chi connectivity index (χ4v) is 2.87. The van der Waals surface area contributed by atoms with Crippen LogP contribution in [0.25, 0.3) is 11.6 Å². The van der Waals surface area contributed by atoms with E-state index < -0.39 is 0 Å². The van der Waals surface area contributed by atoms with E-state index in [-0.39, 0.29) is 0 Å². The molecule has 0 aliphatic heterocycles. The second-order valence-electron chi connectivity index (χ2n) is 5.30. The van der Waals surface area contributed by atoms with Gasteiger partial charge in [0.2, 0.25) is 0 Å². The summed E-state index contributed by atoms with van der Waals surface area (Å²) in [5.41, 5.74) is 1.44. The van der Waals surface area contributed by atoms with Crippen LogP contribution in [0.15, 0.2) is 37.1 Å². The Bertz CT molecular complexity index is 1080. The molecule has 4 rings (SSSR count). The average molecular weight is 391 g/mol. The number of nitrogens with zero attached hydrogens (tertiary/aromatic N) is 7. The van der Waals surface area contributed by atoms with Gasteiger partial charge in [0.1, 0.15) is 12.1 Å². The first-order valence-corrected chi connectivity index (χ1v) is 8.21. The molecular formula is C15H12Cl2N8O. The molecule has 0 unspecified atom stereocenters. The monoisotopic (exact) mass is 390 g/mol. The topological polar surface area (TPSA) is 95.0 Å². The number of rotatable bonds is 5. The zero-order valence-electron chi connectivity index (χ0n) is 13.5. The lowest BCUT2D eigenvalue weighted by Gasteiger charge is -2.08. The Kier molecular flexibility index (Phi) is 4.41. The Morgan fingerprint density at radius 3 is 2.85 bits per heavy atom. The van der Waals surface area contributed by atoms with Crippen LogP contribution >= 0.6 is 23.2 Å². The predicted molar refractivity (Wildman–Crippen MR) is 96.2 cm³/mol. The van der Waals surface area contributed by atoms with Crippen LogP contribution in [0.4, 0.5) is 11.5 Å². The van der Waals surface area contributed by atoms with Gasteiger partial charge in [-0.3, -0.25) is 0 Å². The molecule has 0 bridgehead atoms. The minimum atomic E-state index is 0.363. The maximum Gasteiger partial charge on any atom is 0.254 e. The van der Waals surface area contributed by atoms with Crippen LogP contribution in [-0.2, 0) is 11.3 Å². The predicted octanol–water partition coefficient (Wildman–Crippen LogP) is 2.90. The largest absolute Gasteiger partial charge is 0.378 e. The van der Waals surface area contributed by atoms with Gasteiger partial charge >= 0.3 is 0 Å². The third-order valence-electron chi connectivity index (χ3n) is 3.46. The number of fused-ring (bicyclic) bond motifs is 1. The van der Waals surface area contributed by atoms with Gasteiger partial charge in [-0.05, 0) is 6.07 Å². The summed E-state index contributed by atoms with van der Waals surface area (Å²) in [4.78, 5) is 12.7. The summed E-state index contributed by atoms with van der Waals surface area (Å²) in [6.45, 7) is 0.363. The summed E-state index contributed by atoms with van der Waals surface area (Å²) in [6.07, 6.45) is 6.34. The van der Waals surface area contributed by atoms with E-state index in [1.54, 1.807) is 34.8 Å². The van der Waals surface area contributed by atoms with Gasteiger partial charge in [-0.25, -0.2) is 14.6 Å². The van der Waals surface area contributed by atoms with E-state index >= 15 is 0 Å². The molecule has 0 atom stereocenters. The fraction of sp³-hybridized carbons (Fsp3) is 0.133. The molecule has 9 nitrogen and oxygen atoms in total. The highest BCUT2D eigenvalue weighted by molar-refractivity contribution is 6.35. The van der Waals surface area contributed by atoms with Gasteiger partial charge in [0, 0.05) is 19.4 Å². The molecule has 0 aliphatic carbocycles. The normalized spacial score (nSPS) is 11.2. The Morgan fingerprint density at radius 1 is 1.15 bits per heavy atom. The number of pyridine rings is 1. The van der Waals surface area contributed by atoms with Crippen molar-refractivity contribution in [3.8, 4) is 5.82 Å². The van der Waals surface area contributed by atoms with Crippen LogP contribution in [0.5, 0.6) is 0 Å². The third kappa shape index (κ3) is 3.19. The van der Waals surface area contributed by atoms with Crippen LogP contribution in [-0.4, -0.2) is 41.5 Å². The zero-order chi connectivity index (χ0) is 18.1. The van der Waals surface area contributed by atoms with Crippen LogP contribution in [0.3, 0.4) is 0 Å². The molecule has 0 aliphatic rings. The Balaban J connectivity index is 1.67. The van der Waals surface area contributed by atoms with Gasteiger partial charge in [0.25, 0.3) is 5.78 Å². The standard InChI is InChI=1S/C15H12Cl2N8O/c1-26-7-10-3-13(25-15(23-10)19-8-21-25)22-11-5-20-24(6-11)14-12(17)2-9(16)4-18-14/h2-6,8,22H,7H2,1H3. The van der Waals surface area contributed by atoms with Gasteiger partial charge in [0.15, 0.2) is 5.82 Å². The summed E-state index contributed by atoms with van der Waals surface area (Å²) in [6, 6.07) is 3.44. The number of nitrogens with one attached hydrogen (secondary N) is 1. The molecule has 0 fully saturated rings. The lowest BCUT2D eigenvalue weighted by atomic mass is 10.4. The van der Waals surface area contributed by atoms with Crippen molar-refractivity contribution in [2.24, 2.45) is 0 Å². The highest BCUT2D eigenvalue weighted by Gasteiger charge is 2.11. The van der Waals surface area contributed by atoms with Crippen molar-refractivity contribution in [1.82, 2.24) is 34.3 Å². The third-order valence-corrected chi connectivity index (χ3v) is 3.94. The first kappa shape index (κ1) is 16.7. The number of aromatic nitrogens is 7. The van der Waals surface area contributed by atoms with Crippen molar-refractivity contribution < 1.29 is 4.74 Å². The molecule has 0 amide bonds. The minimum absolute atomic E-state index is 0.363. The average Bonchev–Trinajstić information content (AvgIpc) is 3.24. The lowest BCUT2D eigenvalue weighted by molar-refractivity contribution is 0.181. The Hall–Kier alpha value is -2.75. The molecule has 0 aromatic carbocycles. The van der Waals surface area contributed by atoms with Gasteiger partial charge in [-0.15, -0.1) is 0 Å². The van der Waals surface area contributed by atoms with E-state index in [4.69, 9.17) is 27.9 Å². The maximum atomic E-state index is 6.18. The van der Waals surface area contributed by atoms with Crippen molar-refractivity contribution in [2.45, 2.75) is 6.61 Å². The molecule has 4 heterocycles. The first-order chi connectivity index (χ1) is 12.6. The van der Waals surface area contributed by atoms with Crippen molar-refractivity contribution in [3.63, 3.8) is 0 Å². The number of methoxy groups -OCH3 is 1. The molecule has 1 N–H and O–H groups in total. The van der Waals surface area contributed by atoms with Gasteiger partial charge < -0.3 is 10.1 Å². The number of ether oxygens (including phenoxy) is 1. The molecule has 4 aromatic rings. The van der Waals surface area contributed by atoms with Gasteiger partial charge in [-0.1, -0.05) is 23.2 Å². The van der Waals surface area contributed by atoms with E-state index in [0.29, 0.717) is 39.8 Å². The highest BCUT2D eigenvalue weighted by atomic mass is 35.5. The fourth-order valence-electron chi connectivity index (χ4n) is 2.40. The number of hydrogen-bond donors (Lipinski definition) is 1. The molecule has 0 saturated heterocycles. The van der Waals surface area contributed by atoms with Crippen molar-refractivity contribution in [1.29, 1.82) is 0 Å². The molecule has 26 heavy (non-hydrogen) atoms. The first-order valence-electron chi connectivity index (χ1n) is 7.46. The van der Waals surface area contributed by atoms with Gasteiger partial charge in [0.05, 0.1) is 40.4 Å². The van der Waals surface area contributed by atoms with Gasteiger partial charge in [-0.2, -0.15) is 19.7 Å². The van der Waals surface area contributed by atoms with Crippen molar-refractivity contribution in [2.75, 3.05) is 12.4 Å². The number of halogens is 2. The SMILES string of the molecule is COCc1cc(Nc2cnn(-c3ncc(Cl)cc3Cl)c2)n2ncnc2n1. The zero-order valence-corrected chi connectivity index (χ0v) is 15.0. The summed E-state index contributed by atoms with van der Waals surface area (Å²) < 4.78 is 8.29. The summed E-state index contributed by atoms with van der Waals surface area (Å²) in [7, 11) is 1.61. The Morgan fingerprint density at radius 2 is 2.04 bits per heavy atom. The highest BCUT2D eigenvalue weighted by Crippen LogP contribution is 2.23. The quantitative estimate of drug-likeness (QED) is 0.559. The van der Waals surface area contributed by atoms with Crippen LogP contribution < -0.4 is 5.32 Å². The minimum Gasteiger partial charge on any atom is -0.378 e. The van der Waals surface area contributed by atoms with E-state index in [2.05, 4.69) is 30.5 Å². The molecule has 0 spiro atoms. The summed E-state index contributed by atoms with van der Waals surface area (Å²) in [5.74, 6) is 1.62. The second kappa shape index (κ2) is 6.87. The molecule has 132 valence electrons. The second-order valence-corrected chi connectivity index (χ2v) is 6.14. The molecule has 0 radical (unpaired) electrons. The van der Waals surface area contributed by atoms with Crippen molar-refractivity contribution >= 4 is 40.5 Å². The van der Waals surface area contributed by atoms with E-state index in [9.17, 15) is 0 Å². The van der Waals surface area contributed by atoms with E-state index in [1.807, 2.05) is 6.07 Å². The molecular weight excluding hydrogens is 379 g/mol. The Labute approximate surface area is 157 Å². The van der Waals surface area contributed by atoms with Crippen molar-refractivity contribution in [3.05, 3.63) is 52.8 Å². The van der Waals surface area contributed by atoms with E-state index in [0.717, 1.165) is 5.69 Å². The van der Waals surface area contributed by atoms with Crippen LogP contribution in [0.2, 0.25) is 10.0 Å². The smallest absolute Gasteiger partial charge is 0.254 e. The number of hydrogen-bond acceptors (Lipinski definition) is 7. The van der Waals surface area contributed by atoms with Crippen LogP contribution in [0, 0.1) is 0 Å². The summed E-state index contributed by atoms with van der Waals surface area (Å²) in [5, 5.41) is 12.5. The summed E-state index contributed by atoms with van der Waals surface area (Å²) >= 11 is 12.1. The molecule has 4 aromatic heterocycles. The van der Waals surface area contributed by atoms with E-state index in [1.165, 1.54) is 12.5 Å². The maximum absolute atomic E-state index is 6.18. The number of anilines is 2.